The molecule has 0 aliphatic carbocycles. The highest BCUT2D eigenvalue weighted by atomic mass is 32.3. The summed E-state index contributed by atoms with van der Waals surface area (Å²) >= 11 is 2.46. The molecule has 6 heterocycles. The number of H-pyrrole nitrogens is 1. The lowest BCUT2D eigenvalue weighted by atomic mass is 9.96. The zero-order valence-corrected chi connectivity index (χ0v) is 57.8. The van der Waals surface area contributed by atoms with E-state index in [2.05, 4.69) is 66.8 Å². The Bertz CT molecular complexity index is 3640. The van der Waals surface area contributed by atoms with Crippen molar-refractivity contribution in [1.82, 2.24) is 61.8 Å². The Kier molecular flexibility index (Phi) is 32.6. The first-order valence-electron chi connectivity index (χ1n) is 31.1. The van der Waals surface area contributed by atoms with Gasteiger partial charge in [0.05, 0.1) is 72.7 Å². The van der Waals surface area contributed by atoms with Gasteiger partial charge in [-0.25, -0.2) is 29.7 Å². The molecule has 2 aliphatic rings. The van der Waals surface area contributed by atoms with Crippen LogP contribution in [0.5, 0.6) is 0 Å². The highest BCUT2D eigenvalue weighted by molar-refractivity contribution is 7.79. The van der Waals surface area contributed by atoms with E-state index in [0.29, 0.717) is 41.6 Å². The fourth-order valence-corrected chi connectivity index (χ4v) is 11.5. The summed E-state index contributed by atoms with van der Waals surface area (Å²) < 4.78 is 60.3. The average molecular weight is 1520 g/mol. The highest BCUT2D eigenvalue weighted by Crippen LogP contribution is 2.35. The molecule has 4 aromatic rings. The van der Waals surface area contributed by atoms with E-state index in [9.17, 15) is 74.4 Å². The smallest absolute Gasteiger partial charge is 0.404 e. The number of aromatic nitrogens is 6. The van der Waals surface area contributed by atoms with Crippen LogP contribution in [0.4, 0.5) is 10.6 Å². The molecule has 574 valence electrons. The number of anilines is 1. The largest absolute Gasteiger partial charge is 0.441 e. The predicted octanol–water partition coefficient (Wildman–Crippen LogP) is -9.57. The third kappa shape index (κ3) is 25.1. The second-order valence-electron chi connectivity index (χ2n) is 23.2. The second-order valence-corrected chi connectivity index (χ2v) is 25.9. The van der Waals surface area contributed by atoms with Gasteiger partial charge in [0.1, 0.15) is 94.6 Å². The van der Waals surface area contributed by atoms with E-state index in [1.165, 1.54) is 50.4 Å². The lowest BCUT2D eigenvalue weighted by molar-refractivity contribution is -0.372. The third-order valence-corrected chi connectivity index (χ3v) is 17.2. The molecule has 19 unspecified atom stereocenters. The number of unbranched alkanes of at least 4 members (excludes halogenated alkanes) is 1. The summed E-state index contributed by atoms with van der Waals surface area (Å²) in [6.07, 6.45) is -23.9. The molecule has 4 aromatic heterocycles. The Labute approximate surface area is 593 Å². The number of nitrogens with one attached hydrogen (secondary N) is 7. The number of aromatic amines is 1. The van der Waals surface area contributed by atoms with Gasteiger partial charge in [0.15, 0.2) is 24.6 Å². The zero-order chi connectivity index (χ0) is 76.9. The summed E-state index contributed by atoms with van der Waals surface area (Å²) in [4.78, 5) is 135. The number of primary amides is 3. The maximum Gasteiger partial charge on any atom is 0.404 e. The Morgan fingerprint density at radius 3 is 2.03 bits per heavy atom. The van der Waals surface area contributed by atoms with Gasteiger partial charge in [-0.3, -0.25) is 47.7 Å². The third-order valence-electron chi connectivity index (χ3n) is 15.4. The van der Waals surface area contributed by atoms with Crippen molar-refractivity contribution in [3.63, 3.8) is 0 Å². The van der Waals surface area contributed by atoms with Gasteiger partial charge in [0, 0.05) is 55.3 Å². The van der Waals surface area contributed by atoms with Crippen LogP contribution in [0.15, 0.2) is 28.3 Å². The maximum atomic E-state index is 15.2. The van der Waals surface area contributed by atoms with Crippen LogP contribution in [0.25, 0.3) is 10.7 Å². The number of ether oxygens (including phenoxy) is 5. The van der Waals surface area contributed by atoms with Crippen LogP contribution in [-0.2, 0) is 64.5 Å². The summed E-state index contributed by atoms with van der Waals surface area (Å²) in [5, 5.41) is 108. The van der Waals surface area contributed by atoms with Gasteiger partial charge in [-0.05, 0) is 33.6 Å². The number of nitrogens with zero attached hydrogens (tertiary/aromatic N) is 6. The lowest BCUT2D eigenvalue weighted by Crippen LogP contribution is -2.65. The van der Waals surface area contributed by atoms with E-state index in [4.69, 9.17) is 81.3 Å². The minimum absolute atomic E-state index is 0.0175. The fourth-order valence-electron chi connectivity index (χ4n) is 9.88. The number of amides is 8. The lowest BCUT2D eigenvalue weighted by Gasteiger charge is -2.47. The molecule has 2 fully saturated rings. The van der Waals surface area contributed by atoms with E-state index in [1.807, 2.05) is 0 Å². The number of aliphatic imine (C=N–C) groups is 1. The van der Waals surface area contributed by atoms with Crippen LogP contribution in [0.2, 0.25) is 0 Å². The number of thiazole rings is 2. The molecule has 48 heteroatoms. The number of nitrogen functional groups attached to an aromatic ring is 1. The van der Waals surface area contributed by atoms with Crippen molar-refractivity contribution in [3.8, 4) is 10.7 Å². The molecule has 0 radical (unpaired) electrons. The first kappa shape index (κ1) is 85.1. The van der Waals surface area contributed by atoms with Crippen LogP contribution in [-0.4, -0.2) is 279 Å². The molecule has 45 nitrogen and oxygen atoms in total. The Hall–Kier alpha value is -8.51. The number of carbonyl (C=O) groups is 8. The van der Waals surface area contributed by atoms with Crippen LogP contribution >= 0.6 is 22.7 Å². The summed E-state index contributed by atoms with van der Waals surface area (Å²) in [5.74, 6) is -8.85. The maximum absolute atomic E-state index is 15.2. The van der Waals surface area contributed by atoms with Gasteiger partial charge >= 0.3 is 16.5 Å². The molecule has 0 bridgehead atoms. The van der Waals surface area contributed by atoms with Gasteiger partial charge in [-0.15, -0.1) is 22.7 Å². The molecule has 8 amide bonds. The standard InChI is InChI=1S/C55H84N20O21S2.H2O4S/c1-19-32(72-45(75-43(19)58)24(11-30(57)79)67-12-23(56)44(59)85)49(89)74-34(40(25-13-63-18-68-25)94-53-42(38(83)36(81)28(14-76)93-53)95-52-39(84)41(96-55(62)91)37(82)29(15-77)92-52)50(90)69-21(3)35(80)20(2)46(86)73-33(22(4)78)48(88)65-10-7-31-70-27(17-97-31)51-71-26(16-98-51)47(87)64-8-5-6-9-66-54(60)61;1-5(2,3)4/h13,16-18,20-24,28-29,33-42,52-53,67,76-78,80-84H,5-12,14-15,56H2,1-4H3,(H2,57,79)(H2,59,85)(H2,62,91)(H,63,68)(H,64,87)(H,65,88)(H,69,90)(H,73,86)(H,74,89)(H2,58,72,75)(H4,60,61,66);(H2,1,2,3,4). The first-order chi connectivity index (χ1) is 48.3. The van der Waals surface area contributed by atoms with Gasteiger partial charge in [-0.1, -0.05) is 6.92 Å². The van der Waals surface area contributed by atoms with Crippen LogP contribution in [0.3, 0.4) is 0 Å². The highest BCUT2D eigenvalue weighted by Gasteiger charge is 2.54. The number of aliphatic hydroxyl groups is 8. The molecule has 19 atom stereocenters. The summed E-state index contributed by atoms with van der Waals surface area (Å²) in [6, 6.07) is -7.89. The molecule has 2 saturated heterocycles. The van der Waals surface area contributed by atoms with E-state index in [-0.39, 0.29) is 60.0 Å². The average Bonchev–Trinajstić information content (AvgIpc) is 1.12. The monoisotopic (exact) mass is 1520 g/mol. The fraction of sp³-hybridized carbons (Fsp3) is 0.600. The van der Waals surface area contributed by atoms with Gasteiger partial charge in [-0.2, -0.15) is 8.42 Å². The number of carbonyl (C=O) groups excluding carboxylic acids is 8. The normalized spacial score (nSPS) is 23.0. The van der Waals surface area contributed by atoms with E-state index in [1.54, 1.807) is 10.8 Å². The Morgan fingerprint density at radius 1 is 0.767 bits per heavy atom. The SMILES string of the molecule is Cc1c(N)nc(C(CC(N)=O)NCC(N)C(N)=O)nc1C(=O)NC(C(=O)NC(C)C(O)C(C)C(=O)NC(C(=O)NCCc1nc(-c2nc(C(=O)NCCCCN=C(N)N)cs2)cs1)C(C)O)C(OC1OC(CO)C(O)C(O)C1OC1OC(CO)C(O)C(OC(N)=O)C1O)c1cnc[nH]1.O=S(=O)(O)O. The van der Waals surface area contributed by atoms with E-state index in [0.717, 1.165) is 12.5 Å². The molecular formula is C55H86N20O25S3. The van der Waals surface area contributed by atoms with Crippen molar-refractivity contribution < 1.29 is 120 Å². The van der Waals surface area contributed by atoms with Crippen molar-refractivity contribution in [3.05, 3.63) is 56.8 Å². The quantitative estimate of drug-likeness (QED) is 0.00870. The minimum atomic E-state index is -4.67. The van der Waals surface area contributed by atoms with E-state index < -0.39 is 193 Å². The van der Waals surface area contributed by atoms with Gasteiger partial charge in [0.2, 0.25) is 29.5 Å². The minimum Gasteiger partial charge on any atom is -0.441 e. The topological polar surface area (TPSA) is 766 Å². The number of guanidine groups is 1. The number of aliphatic hydroxyl groups excluding tert-OH is 8. The van der Waals surface area contributed by atoms with Crippen molar-refractivity contribution in [2.45, 2.75) is 163 Å². The molecule has 31 N–H and O–H groups in total. The van der Waals surface area contributed by atoms with Crippen LogP contribution < -0.4 is 72.0 Å². The second kappa shape index (κ2) is 39.4. The number of hydrogen-bond acceptors (Lipinski definition) is 34. The Morgan fingerprint density at radius 2 is 1.43 bits per heavy atom. The van der Waals surface area contributed by atoms with Crippen LogP contribution in [0, 0.1) is 12.8 Å². The number of hydrogen-bond donors (Lipinski definition) is 24. The molecule has 103 heavy (non-hydrogen) atoms. The van der Waals surface area contributed by atoms with E-state index >= 15 is 4.79 Å². The molecule has 0 saturated carbocycles. The zero-order valence-electron chi connectivity index (χ0n) is 55.4. The van der Waals surface area contributed by atoms with Crippen molar-refractivity contribution in [1.29, 1.82) is 0 Å². The first-order valence-corrected chi connectivity index (χ1v) is 34.2. The van der Waals surface area contributed by atoms with Crippen molar-refractivity contribution >= 4 is 92.3 Å². The molecular weight excluding hydrogens is 1440 g/mol. The van der Waals surface area contributed by atoms with Gasteiger partial charge < -0.3 is 142 Å². The number of rotatable bonds is 36. The van der Waals surface area contributed by atoms with Gasteiger partial charge in [0.25, 0.3) is 11.8 Å². The number of nitrogens with two attached hydrogens (primary N) is 7. The molecule has 0 spiro atoms. The summed E-state index contributed by atoms with van der Waals surface area (Å²) in [5.41, 5.74) is 38.6. The Balaban J connectivity index is 0.00000368. The summed E-state index contributed by atoms with van der Waals surface area (Å²) in [7, 11) is -4.67. The molecule has 2 aliphatic heterocycles. The van der Waals surface area contributed by atoms with Crippen molar-refractivity contribution in [2.75, 3.05) is 45.1 Å². The number of imidazole rings is 1. The van der Waals surface area contributed by atoms with Crippen LogP contribution in [0.1, 0.15) is 95.2 Å². The molecule has 6 rings (SSSR count). The molecule has 0 aromatic carbocycles. The predicted molar refractivity (Wildman–Crippen MR) is 354 cm³/mol. The van der Waals surface area contributed by atoms with Crippen molar-refractivity contribution in [2.24, 2.45) is 45.3 Å². The summed E-state index contributed by atoms with van der Waals surface area (Å²) in [6.45, 7) is 3.39.